The number of benzene rings is 1. The Kier molecular flexibility index (Phi) is 3.79. The van der Waals surface area contributed by atoms with Crippen LogP contribution in [0, 0.1) is 5.41 Å². The number of halogens is 3. The zero-order chi connectivity index (χ0) is 15.8. The van der Waals surface area contributed by atoms with Crippen LogP contribution in [0.2, 0.25) is 0 Å². The highest BCUT2D eigenvalue weighted by Crippen LogP contribution is 2.25. The van der Waals surface area contributed by atoms with Crippen molar-refractivity contribution in [3.05, 3.63) is 29.8 Å². The lowest BCUT2D eigenvalue weighted by atomic mass is 10.1. The Labute approximate surface area is 117 Å². The molecule has 1 unspecified atom stereocenters. The van der Waals surface area contributed by atoms with Crippen LogP contribution in [0.1, 0.15) is 11.8 Å². The molecular formula is C12H12F3N5O. The highest BCUT2D eigenvalue weighted by atomic mass is 19.4. The average molecular weight is 299 g/mol. The second kappa shape index (κ2) is 5.26. The number of hydrogen-bond acceptors (Lipinski definition) is 5. The predicted octanol–water partition coefficient (Wildman–Crippen LogP) is 1.55. The number of aliphatic imine (C=N–C) groups is 1. The molecule has 112 valence electrons. The maximum absolute atomic E-state index is 12.8. The Morgan fingerprint density at radius 1 is 1.33 bits per heavy atom. The fourth-order valence-corrected chi connectivity index (χ4v) is 1.68. The number of rotatable bonds is 2. The molecule has 0 saturated heterocycles. The first-order valence-corrected chi connectivity index (χ1v) is 5.81. The normalized spacial score (nSPS) is 19.1. The van der Waals surface area contributed by atoms with Gasteiger partial charge in [0.05, 0.1) is 5.69 Å². The fraction of sp³-hybridized carbons (Fsp3) is 0.250. The average Bonchev–Trinajstić information content (AvgIpc) is 2.67. The molecule has 9 heteroatoms. The molecular weight excluding hydrogens is 287 g/mol. The first kappa shape index (κ1) is 15.1. The van der Waals surface area contributed by atoms with Crippen LogP contribution in [0.5, 0.6) is 0 Å². The van der Waals surface area contributed by atoms with Crippen molar-refractivity contribution in [1.29, 1.82) is 5.41 Å². The molecule has 0 spiro atoms. The lowest BCUT2D eigenvalue weighted by molar-refractivity contribution is -0.0570. The van der Waals surface area contributed by atoms with Crippen LogP contribution in [0.3, 0.4) is 0 Å². The van der Waals surface area contributed by atoms with E-state index >= 15 is 0 Å². The van der Waals surface area contributed by atoms with E-state index in [1.165, 1.54) is 31.3 Å². The number of alkyl halides is 3. The van der Waals surface area contributed by atoms with Gasteiger partial charge in [-0.2, -0.15) is 18.3 Å². The zero-order valence-electron chi connectivity index (χ0n) is 10.9. The van der Waals surface area contributed by atoms with Gasteiger partial charge in [0.1, 0.15) is 11.9 Å². The van der Waals surface area contributed by atoms with E-state index in [-0.39, 0.29) is 5.69 Å². The topological polar surface area (TPSA) is 98.1 Å². The molecule has 1 aromatic carbocycles. The highest BCUT2D eigenvalue weighted by Gasteiger charge is 2.45. The van der Waals surface area contributed by atoms with Crippen LogP contribution in [0.4, 0.5) is 18.9 Å². The fourth-order valence-electron chi connectivity index (χ4n) is 1.68. The minimum absolute atomic E-state index is 0.200. The number of nitrogens with zero attached hydrogens (tertiary/aromatic N) is 3. The van der Waals surface area contributed by atoms with Crippen LogP contribution in [-0.2, 0) is 0 Å². The summed E-state index contributed by atoms with van der Waals surface area (Å²) in [6.07, 6.45) is -5.86. The number of amidine groups is 1. The van der Waals surface area contributed by atoms with E-state index < -0.39 is 29.7 Å². The maximum atomic E-state index is 12.8. The summed E-state index contributed by atoms with van der Waals surface area (Å²) >= 11 is 0. The first-order valence-electron chi connectivity index (χ1n) is 5.81. The highest BCUT2D eigenvalue weighted by molar-refractivity contribution is 6.70. The molecule has 0 aliphatic carbocycles. The van der Waals surface area contributed by atoms with Crippen molar-refractivity contribution in [2.75, 3.05) is 7.05 Å². The van der Waals surface area contributed by atoms with Gasteiger partial charge >= 0.3 is 6.18 Å². The van der Waals surface area contributed by atoms with Crippen molar-refractivity contribution in [1.82, 2.24) is 5.01 Å². The number of nitrogens with one attached hydrogen (secondary N) is 1. The standard InChI is InChI=1S/C12H12F3N5O/c1-20-10(16)8(9(19-20)12(13,14)15)18-7-4-2-6(3-5-7)11(17)21/h2-5,11,16,21H,17H2,1H3. The van der Waals surface area contributed by atoms with Gasteiger partial charge in [0.2, 0.25) is 0 Å². The van der Waals surface area contributed by atoms with Gasteiger partial charge in [0.15, 0.2) is 11.5 Å². The van der Waals surface area contributed by atoms with Crippen molar-refractivity contribution >= 4 is 22.9 Å². The summed E-state index contributed by atoms with van der Waals surface area (Å²) in [5.41, 5.74) is 4.10. The number of aliphatic hydroxyl groups is 1. The third-order valence-corrected chi connectivity index (χ3v) is 2.77. The molecule has 21 heavy (non-hydrogen) atoms. The molecule has 1 aromatic rings. The van der Waals surface area contributed by atoms with Gasteiger partial charge in [0, 0.05) is 7.05 Å². The van der Waals surface area contributed by atoms with E-state index in [2.05, 4.69) is 10.1 Å². The molecule has 4 N–H and O–H groups in total. The molecule has 0 fully saturated rings. The molecule has 0 saturated carbocycles. The largest absolute Gasteiger partial charge is 0.437 e. The van der Waals surface area contributed by atoms with Crippen molar-refractivity contribution in [2.45, 2.75) is 12.4 Å². The SMILES string of the molecule is CN1N=C(C(F)(F)F)C(=Nc2ccc(C(N)O)cc2)C1=N. The van der Waals surface area contributed by atoms with Gasteiger partial charge < -0.3 is 10.8 Å². The molecule has 1 atom stereocenters. The summed E-state index contributed by atoms with van der Waals surface area (Å²) in [7, 11) is 1.24. The van der Waals surface area contributed by atoms with Gasteiger partial charge in [-0.1, -0.05) is 12.1 Å². The van der Waals surface area contributed by atoms with Crippen molar-refractivity contribution in [2.24, 2.45) is 15.8 Å². The lowest BCUT2D eigenvalue weighted by Gasteiger charge is -2.07. The monoisotopic (exact) mass is 299 g/mol. The molecule has 1 heterocycles. The quantitative estimate of drug-likeness (QED) is 0.723. The van der Waals surface area contributed by atoms with Crippen molar-refractivity contribution in [3.8, 4) is 0 Å². The smallest absolute Gasteiger partial charge is 0.375 e. The van der Waals surface area contributed by atoms with Crippen molar-refractivity contribution in [3.63, 3.8) is 0 Å². The number of hydrogen-bond donors (Lipinski definition) is 3. The molecule has 0 amide bonds. The summed E-state index contributed by atoms with van der Waals surface area (Å²) in [4.78, 5) is 3.82. The van der Waals surface area contributed by atoms with Crippen LogP contribution in [0.25, 0.3) is 0 Å². The Morgan fingerprint density at radius 2 is 1.90 bits per heavy atom. The summed E-state index contributed by atoms with van der Waals surface area (Å²) in [5.74, 6) is -0.440. The summed E-state index contributed by atoms with van der Waals surface area (Å²) in [6, 6.07) is 5.68. The lowest BCUT2D eigenvalue weighted by Crippen LogP contribution is -2.32. The molecule has 1 aliphatic heterocycles. The van der Waals surface area contributed by atoms with Crippen LogP contribution < -0.4 is 5.73 Å². The third kappa shape index (κ3) is 3.09. The predicted molar refractivity (Wildman–Crippen MR) is 71.7 cm³/mol. The molecule has 1 aliphatic rings. The second-order valence-electron chi connectivity index (χ2n) is 4.32. The summed E-state index contributed by atoms with van der Waals surface area (Å²) < 4.78 is 38.5. The van der Waals surface area contributed by atoms with E-state index in [0.29, 0.717) is 5.56 Å². The third-order valence-electron chi connectivity index (χ3n) is 2.77. The Bertz CT molecular complexity index is 619. The molecule has 0 bridgehead atoms. The zero-order valence-corrected chi connectivity index (χ0v) is 10.9. The van der Waals surface area contributed by atoms with Crippen LogP contribution in [0.15, 0.2) is 34.4 Å². The van der Waals surface area contributed by atoms with Gasteiger partial charge in [-0.15, -0.1) is 0 Å². The van der Waals surface area contributed by atoms with Crippen LogP contribution in [-0.4, -0.2) is 40.6 Å². The first-order chi connectivity index (χ1) is 9.70. The molecule has 0 radical (unpaired) electrons. The van der Waals surface area contributed by atoms with Crippen molar-refractivity contribution < 1.29 is 18.3 Å². The van der Waals surface area contributed by atoms with E-state index in [1.54, 1.807) is 0 Å². The molecule has 6 nitrogen and oxygen atoms in total. The number of hydrazone groups is 1. The Morgan fingerprint density at radius 3 is 2.38 bits per heavy atom. The van der Waals surface area contributed by atoms with Gasteiger partial charge in [-0.05, 0) is 17.7 Å². The van der Waals surface area contributed by atoms with E-state index in [1.807, 2.05) is 0 Å². The van der Waals surface area contributed by atoms with E-state index in [9.17, 15) is 13.2 Å². The summed E-state index contributed by atoms with van der Waals surface area (Å²) in [6.45, 7) is 0. The molecule has 0 aromatic heterocycles. The van der Waals surface area contributed by atoms with E-state index in [0.717, 1.165) is 5.01 Å². The maximum Gasteiger partial charge on any atom is 0.437 e. The van der Waals surface area contributed by atoms with Crippen LogP contribution >= 0.6 is 0 Å². The minimum atomic E-state index is -4.69. The minimum Gasteiger partial charge on any atom is -0.375 e. The van der Waals surface area contributed by atoms with Gasteiger partial charge in [-0.3, -0.25) is 5.41 Å². The number of aliphatic hydroxyl groups excluding tert-OH is 1. The Balaban J connectivity index is 2.39. The van der Waals surface area contributed by atoms with E-state index in [4.69, 9.17) is 16.2 Å². The van der Waals surface area contributed by atoms with Gasteiger partial charge in [0.25, 0.3) is 0 Å². The Hall–Kier alpha value is -2.26. The second-order valence-corrected chi connectivity index (χ2v) is 4.32. The summed E-state index contributed by atoms with van der Waals surface area (Å²) in [5, 5.41) is 20.8. The molecule has 2 rings (SSSR count). The number of nitrogens with two attached hydrogens (primary N) is 1. The van der Waals surface area contributed by atoms with Gasteiger partial charge in [-0.25, -0.2) is 10.0 Å².